The molecule has 1 aliphatic carbocycles. The minimum absolute atomic E-state index is 0.0152. The first-order chi connectivity index (χ1) is 14.2. The number of nitrogens with zero attached hydrogens (tertiary/aromatic N) is 1. The van der Waals surface area contributed by atoms with Crippen molar-refractivity contribution in [1.29, 1.82) is 0 Å². The molecule has 2 aromatic rings. The summed E-state index contributed by atoms with van der Waals surface area (Å²) in [5.74, 6) is 1.13. The second-order valence-corrected chi connectivity index (χ2v) is 8.66. The molecule has 0 atom stereocenters. The van der Waals surface area contributed by atoms with Gasteiger partial charge in [0.25, 0.3) is 0 Å². The minimum Gasteiger partial charge on any atom is -0.496 e. The summed E-state index contributed by atoms with van der Waals surface area (Å²) in [7, 11) is 1.63. The van der Waals surface area contributed by atoms with Crippen LogP contribution in [0.1, 0.15) is 49.0 Å². The molecule has 6 heteroatoms. The Morgan fingerprint density at radius 2 is 1.90 bits per heavy atom. The van der Waals surface area contributed by atoms with E-state index in [2.05, 4.69) is 5.32 Å². The summed E-state index contributed by atoms with van der Waals surface area (Å²) in [4.78, 5) is 28.2. The van der Waals surface area contributed by atoms with Gasteiger partial charge in [0.1, 0.15) is 5.75 Å². The molecule has 0 radical (unpaired) electrons. The van der Waals surface area contributed by atoms with E-state index in [-0.39, 0.29) is 18.4 Å². The van der Waals surface area contributed by atoms with Crippen LogP contribution in [0.4, 0.5) is 0 Å². The summed E-state index contributed by atoms with van der Waals surface area (Å²) < 4.78 is 5.44. The summed E-state index contributed by atoms with van der Waals surface area (Å²) in [6.45, 7) is 0.998. The number of thiophene rings is 1. The molecule has 1 saturated carbocycles. The molecule has 3 rings (SSSR count). The van der Waals surface area contributed by atoms with E-state index in [1.165, 1.54) is 19.3 Å². The number of carbonyl (C=O) groups is 2. The summed E-state index contributed by atoms with van der Waals surface area (Å²) in [6, 6.07) is 11.7. The highest BCUT2D eigenvalue weighted by Crippen LogP contribution is 2.26. The Hall–Kier alpha value is -2.34. The highest BCUT2D eigenvalue weighted by molar-refractivity contribution is 7.09. The molecule has 156 valence electrons. The van der Waals surface area contributed by atoms with Gasteiger partial charge in [-0.1, -0.05) is 43.5 Å². The van der Waals surface area contributed by atoms with Crippen LogP contribution < -0.4 is 10.1 Å². The smallest absolute Gasteiger partial charge is 0.242 e. The molecule has 0 saturated heterocycles. The Morgan fingerprint density at radius 3 is 2.62 bits per heavy atom. The molecule has 1 aromatic carbocycles. The van der Waals surface area contributed by atoms with Gasteiger partial charge in [0.15, 0.2) is 0 Å². The van der Waals surface area contributed by atoms with Gasteiger partial charge < -0.3 is 15.0 Å². The van der Waals surface area contributed by atoms with E-state index in [0.29, 0.717) is 25.4 Å². The monoisotopic (exact) mass is 414 g/mol. The maximum Gasteiger partial charge on any atom is 0.242 e. The molecule has 1 aromatic heterocycles. The number of benzene rings is 1. The fourth-order valence-corrected chi connectivity index (χ4v) is 4.59. The highest BCUT2D eigenvalue weighted by atomic mass is 32.1. The van der Waals surface area contributed by atoms with Crippen LogP contribution in [-0.4, -0.2) is 30.4 Å². The maximum atomic E-state index is 12.9. The average Bonchev–Trinajstić information content (AvgIpc) is 3.26. The van der Waals surface area contributed by atoms with Crippen molar-refractivity contribution in [1.82, 2.24) is 10.2 Å². The molecule has 5 nitrogen and oxygen atoms in total. The molecule has 0 spiro atoms. The van der Waals surface area contributed by atoms with Gasteiger partial charge in [0, 0.05) is 23.4 Å². The summed E-state index contributed by atoms with van der Waals surface area (Å²) in [6.07, 6.45) is 6.48. The standard InChI is InChI=1S/C23H30N2O3S/c1-28-21-12-6-5-10-19(21)16-25(17-20-11-7-13-29-20)23(27)15-24-22(26)14-18-8-3-2-4-9-18/h5-7,10-13,18H,2-4,8-9,14-17H2,1H3,(H,24,26). The van der Waals surface area contributed by atoms with Crippen LogP contribution in [-0.2, 0) is 22.7 Å². The van der Waals surface area contributed by atoms with Gasteiger partial charge in [0.2, 0.25) is 11.8 Å². The van der Waals surface area contributed by atoms with Crippen molar-refractivity contribution >= 4 is 23.2 Å². The third kappa shape index (κ3) is 6.60. The lowest BCUT2D eigenvalue weighted by Crippen LogP contribution is -2.40. The van der Waals surface area contributed by atoms with Gasteiger partial charge in [-0.05, 0) is 36.3 Å². The largest absolute Gasteiger partial charge is 0.496 e. The molecule has 0 bridgehead atoms. The zero-order chi connectivity index (χ0) is 20.5. The van der Waals surface area contributed by atoms with Gasteiger partial charge in [-0.3, -0.25) is 9.59 Å². The first kappa shape index (κ1) is 21.4. The number of para-hydroxylation sites is 1. The van der Waals surface area contributed by atoms with E-state index in [9.17, 15) is 9.59 Å². The van der Waals surface area contributed by atoms with Gasteiger partial charge >= 0.3 is 0 Å². The van der Waals surface area contributed by atoms with E-state index in [1.807, 2.05) is 41.8 Å². The van der Waals surface area contributed by atoms with Crippen molar-refractivity contribution in [3.63, 3.8) is 0 Å². The predicted octanol–water partition coefficient (Wildman–Crippen LogP) is 4.37. The topological polar surface area (TPSA) is 58.6 Å². The molecule has 2 amide bonds. The summed E-state index contributed by atoms with van der Waals surface area (Å²) >= 11 is 1.62. The molecular weight excluding hydrogens is 384 g/mol. The number of hydrogen-bond donors (Lipinski definition) is 1. The second-order valence-electron chi connectivity index (χ2n) is 7.63. The van der Waals surface area contributed by atoms with Gasteiger partial charge in [-0.2, -0.15) is 0 Å². The molecule has 1 heterocycles. The fraction of sp³-hybridized carbons (Fsp3) is 0.478. The van der Waals surface area contributed by atoms with Gasteiger partial charge in [-0.15, -0.1) is 11.3 Å². The SMILES string of the molecule is COc1ccccc1CN(Cc1cccs1)C(=O)CNC(=O)CC1CCCCC1. The Morgan fingerprint density at radius 1 is 1.10 bits per heavy atom. The quantitative estimate of drug-likeness (QED) is 0.663. The van der Waals surface area contributed by atoms with Crippen LogP contribution in [0.15, 0.2) is 41.8 Å². The van der Waals surface area contributed by atoms with Crippen LogP contribution in [0.3, 0.4) is 0 Å². The van der Waals surface area contributed by atoms with Crippen molar-refractivity contribution in [2.24, 2.45) is 5.92 Å². The second kappa shape index (κ2) is 11.0. The summed E-state index contributed by atoms with van der Waals surface area (Å²) in [5, 5.41) is 4.85. The Balaban J connectivity index is 1.60. The number of amides is 2. The third-order valence-electron chi connectivity index (χ3n) is 5.47. The number of carbonyl (C=O) groups excluding carboxylic acids is 2. The van der Waals surface area contributed by atoms with Crippen molar-refractivity contribution in [2.75, 3.05) is 13.7 Å². The minimum atomic E-state index is -0.0821. The van der Waals surface area contributed by atoms with Crippen LogP contribution >= 0.6 is 11.3 Å². The van der Waals surface area contributed by atoms with Crippen LogP contribution in [0, 0.1) is 5.92 Å². The van der Waals surface area contributed by atoms with E-state index >= 15 is 0 Å². The first-order valence-corrected chi connectivity index (χ1v) is 11.2. The zero-order valence-electron chi connectivity index (χ0n) is 17.1. The van der Waals surface area contributed by atoms with Crippen molar-refractivity contribution in [3.8, 4) is 5.75 Å². The molecule has 29 heavy (non-hydrogen) atoms. The highest BCUT2D eigenvalue weighted by Gasteiger charge is 2.20. The fourth-order valence-electron chi connectivity index (χ4n) is 3.87. The Kier molecular flexibility index (Phi) is 8.11. The van der Waals surface area contributed by atoms with Crippen LogP contribution in [0.5, 0.6) is 5.75 Å². The molecular formula is C23H30N2O3S. The average molecular weight is 415 g/mol. The predicted molar refractivity (Wildman–Crippen MR) is 116 cm³/mol. The van der Waals surface area contributed by atoms with Gasteiger partial charge in [0.05, 0.1) is 20.2 Å². The maximum absolute atomic E-state index is 12.9. The lowest BCUT2D eigenvalue weighted by atomic mass is 9.87. The number of methoxy groups -OCH3 is 1. The van der Waals surface area contributed by atoms with Crippen molar-refractivity contribution in [2.45, 2.75) is 51.6 Å². The molecule has 1 aliphatic rings. The van der Waals surface area contributed by atoms with Crippen molar-refractivity contribution in [3.05, 3.63) is 52.2 Å². The lowest BCUT2D eigenvalue weighted by molar-refractivity contribution is -0.134. The number of hydrogen-bond acceptors (Lipinski definition) is 4. The molecule has 1 N–H and O–H groups in total. The van der Waals surface area contributed by atoms with Gasteiger partial charge in [-0.25, -0.2) is 0 Å². The van der Waals surface area contributed by atoms with E-state index in [0.717, 1.165) is 29.0 Å². The Bertz CT molecular complexity index is 785. The number of rotatable bonds is 9. The van der Waals surface area contributed by atoms with Crippen molar-refractivity contribution < 1.29 is 14.3 Å². The lowest BCUT2D eigenvalue weighted by Gasteiger charge is -2.24. The zero-order valence-corrected chi connectivity index (χ0v) is 17.9. The van der Waals surface area contributed by atoms with Crippen LogP contribution in [0.25, 0.3) is 0 Å². The number of ether oxygens (including phenoxy) is 1. The number of nitrogens with one attached hydrogen (secondary N) is 1. The third-order valence-corrected chi connectivity index (χ3v) is 6.33. The molecule has 0 unspecified atom stereocenters. The van der Waals surface area contributed by atoms with E-state index in [1.54, 1.807) is 23.3 Å². The Labute approximate surface area is 177 Å². The summed E-state index contributed by atoms with van der Waals surface area (Å²) in [5.41, 5.74) is 0.952. The molecule has 0 aliphatic heterocycles. The normalized spacial score (nSPS) is 14.4. The van der Waals surface area contributed by atoms with E-state index in [4.69, 9.17) is 4.74 Å². The van der Waals surface area contributed by atoms with Crippen LogP contribution in [0.2, 0.25) is 0 Å². The van der Waals surface area contributed by atoms with E-state index < -0.39 is 0 Å². The first-order valence-electron chi connectivity index (χ1n) is 10.3. The molecule has 1 fully saturated rings.